The van der Waals surface area contributed by atoms with Crippen LogP contribution in [0.5, 0.6) is 0 Å². The number of nitrogens with zero attached hydrogens (tertiary/aromatic N) is 2. The summed E-state index contributed by atoms with van der Waals surface area (Å²) in [7, 11) is 2.09. The SMILES string of the molecule is CCN(C)Cc1cccc(CNC(=O)NCCCN2CCCC2=O)c1. The third kappa shape index (κ3) is 6.74. The standard InChI is InChI=1S/C19H30N4O2/c1-3-22(2)15-17-8-4-7-16(13-17)14-21-19(25)20-10-6-12-23-11-5-9-18(23)24/h4,7-8,13H,3,5-6,9-12,14-15H2,1-2H3,(H2,20,21,25). The van der Waals surface area contributed by atoms with E-state index in [4.69, 9.17) is 0 Å². The number of hydrogen-bond acceptors (Lipinski definition) is 3. The second-order valence-corrected chi connectivity index (χ2v) is 6.60. The van der Waals surface area contributed by atoms with Crippen molar-refractivity contribution in [2.24, 2.45) is 0 Å². The van der Waals surface area contributed by atoms with E-state index in [2.05, 4.69) is 41.6 Å². The maximum absolute atomic E-state index is 11.9. The molecular formula is C19H30N4O2. The van der Waals surface area contributed by atoms with Gasteiger partial charge in [0.2, 0.25) is 5.91 Å². The molecule has 6 heteroatoms. The summed E-state index contributed by atoms with van der Waals surface area (Å²) < 4.78 is 0. The van der Waals surface area contributed by atoms with Crippen LogP contribution in [0.1, 0.15) is 37.3 Å². The minimum absolute atomic E-state index is 0.163. The molecule has 138 valence electrons. The van der Waals surface area contributed by atoms with Gasteiger partial charge >= 0.3 is 6.03 Å². The van der Waals surface area contributed by atoms with E-state index in [1.807, 2.05) is 17.0 Å². The molecule has 1 aromatic rings. The highest BCUT2D eigenvalue weighted by Crippen LogP contribution is 2.09. The van der Waals surface area contributed by atoms with Crippen LogP contribution in [0, 0.1) is 0 Å². The van der Waals surface area contributed by atoms with Gasteiger partial charge in [-0.1, -0.05) is 31.2 Å². The van der Waals surface area contributed by atoms with E-state index in [0.717, 1.165) is 44.6 Å². The van der Waals surface area contributed by atoms with E-state index in [-0.39, 0.29) is 11.9 Å². The fraction of sp³-hybridized carbons (Fsp3) is 0.579. The van der Waals surface area contributed by atoms with Crippen LogP contribution in [0.3, 0.4) is 0 Å². The number of carbonyl (C=O) groups is 2. The highest BCUT2D eigenvalue weighted by molar-refractivity contribution is 5.78. The summed E-state index contributed by atoms with van der Waals surface area (Å²) >= 11 is 0. The van der Waals surface area contributed by atoms with E-state index in [0.29, 0.717) is 19.5 Å². The minimum atomic E-state index is -0.163. The number of rotatable bonds is 9. The van der Waals surface area contributed by atoms with Crippen LogP contribution >= 0.6 is 0 Å². The average Bonchev–Trinajstić information content (AvgIpc) is 3.02. The zero-order valence-corrected chi connectivity index (χ0v) is 15.4. The molecule has 1 aromatic carbocycles. The van der Waals surface area contributed by atoms with Crippen LogP contribution in [-0.2, 0) is 17.9 Å². The van der Waals surface area contributed by atoms with Crippen molar-refractivity contribution in [1.29, 1.82) is 0 Å². The Balaban J connectivity index is 1.64. The molecule has 0 radical (unpaired) electrons. The molecule has 6 nitrogen and oxygen atoms in total. The van der Waals surface area contributed by atoms with E-state index in [1.54, 1.807) is 0 Å². The van der Waals surface area contributed by atoms with Crippen molar-refractivity contribution in [3.63, 3.8) is 0 Å². The van der Waals surface area contributed by atoms with Crippen LogP contribution < -0.4 is 10.6 Å². The van der Waals surface area contributed by atoms with Crippen molar-refractivity contribution in [3.8, 4) is 0 Å². The number of nitrogens with one attached hydrogen (secondary N) is 2. The molecule has 1 heterocycles. The second-order valence-electron chi connectivity index (χ2n) is 6.60. The zero-order valence-electron chi connectivity index (χ0n) is 15.4. The van der Waals surface area contributed by atoms with Crippen molar-refractivity contribution in [2.45, 2.75) is 39.3 Å². The zero-order chi connectivity index (χ0) is 18.1. The van der Waals surface area contributed by atoms with Gasteiger partial charge in [-0.25, -0.2) is 4.79 Å². The lowest BCUT2D eigenvalue weighted by Gasteiger charge is -2.16. The monoisotopic (exact) mass is 346 g/mol. The van der Waals surface area contributed by atoms with Crippen molar-refractivity contribution in [1.82, 2.24) is 20.4 Å². The molecule has 1 aliphatic heterocycles. The van der Waals surface area contributed by atoms with Crippen LogP contribution in [0.4, 0.5) is 4.79 Å². The quantitative estimate of drug-likeness (QED) is 0.672. The molecule has 0 bridgehead atoms. The van der Waals surface area contributed by atoms with Crippen LogP contribution in [0.25, 0.3) is 0 Å². The van der Waals surface area contributed by atoms with Crippen LogP contribution in [-0.4, -0.2) is 55.0 Å². The maximum atomic E-state index is 11.9. The third-order valence-electron chi connectivity index (χ3n) is 4.50. The first kappa shape index (κ1) is 19.2. The molecule has 1 fully saturated rings. The molecule has 1 aliphatic rings. The second kappa shape index (κ2) is 10.0. The number of benzene rings is 1. The van der Waals surface area contributed by atoms with Gasteiger partial charge in [-0.05, 0) is 37.6 Å². The van der Waals surface area contributed by atoms with E-state index in [1.165, 1.54) is 5.56 Å². The third-order valence-corrected chi connectivity index (χ3v) is 4.50. The predicted molar refractivity (Wildman–Crippen MR) is 99.1 cm³/mol. The number of urea groups is 1. The summed E-state index contributed by atoms with van der Waals surface area (Å²) in [6.07, 6.45) is 2.42. The van der Waals surface area contributed by atoms with Crippen molar-refractivity contribution in [2.75, 3.05) is 33.2 Å². The summed E-state index contributed by atoms with van der Waals surface area (Å²) in [5.41, 5.74) is 2.35. The molecule has 0 aromatic heterocycles. The van der Waals surface area contributed by atoms with Gasteiger partial charge in [0.15, 0.2) is 0 Å². The van der Waals surface area contributed by atoms with E-state index >= 15 is 0 Å². The lowest BCUT2D eigenvalue weighted by molar-refractivity contribution is -0.127. The van der Waals surface area contributed by atoms with Gasteiger partial charge in [-0.15, -0.1) is 0 Å². The highest BCUT2D eigenvalue weighted by Gasteiger charge is 2.18. The molecule has 0 saturated carbocycles. The highest BCUT2D eigenvalue weighted by atomic mass is 16.2. The molecule has 0 aliphatic carbocycles. The fourth-order valence-corrected chi connectivity index (χ4v) is 2.92. The van der Waals surface area contributed by atoms with Crippen molar-refractivity contribution in [3.05, 3.63) is 35.4 Å². The van der Waals surface area contributed by atoms with Gasteiger partial charge in [0.05, 0.1) is 0 Å². The fourth-order valence-electron chi connectivity index (χ4n) is 2.92. The Labute approximate surface area is 150 Å². The van der Waals surface area contributed by atoms with Gasteiger partial charge in [0.25, 0.3) is 0 Å². The number of carbonyl (C=O) groups excluding carboxylic acids is 2. The molecule has 25 heavy (non-hydrogen) atoms. The summed E-state index contributed by atoms with van der Waals surface area (Å²) in [5, 5.41) is 5.74. The normalized spacial score (nSPS) is 14.2. The van der Waals surface area contributed by atoms with Gasteiger partial charge in [0, 0.05) is 39.1 Å². The van der Waals surface area contributed by atoms with E-state index < -0.39 is 0 Å². The lowest BCUT2D eigenvalue weighted by atomic mass is 10.1. The Morgan fingerprint density at radius 2 is 2.08 bits per heavy atom. The number of hydrogen-bond donors (Lipinski definition) is 2. The molecule has 2 rings (SSSR count). The summed E-state index contributed by atoms with van der Waals surface area (Å²) in [6, 6.07) is 8.12. The van der Waals surface area contributed by atoms with Gasteiger partial charge in [0.1, 0.15) is 0 Å². The average molecular weight is 346 g/mol. The summed E-state index contributed by atoms with van der Waals surface area (Å²) in [4.78, 5) is 27.5. The van der Waals surface area contributed by atoms with Gasteiger partial charge in [-0.3, -0.25) is 4.79 Å². The first-order valence-corrected chi connectivity index (χ1v) is 9.14. The molecule has 0 atom stereocenters. The smallest absolute Gasteiger partial charge is 0.315 e. The Kier molecular flexibility index (Phi) is 7.73. The molecule has 2 N–H and O–H groups in total. The number of amides is 3. The number of likely N-dealkylation sites (tertiary alicyclic amines) is 1. The first-order chi connectivity index (χ1) is 12.1. The minimum Gasteiger partial charge on any atom is -0.343 e. The molecule has 1 saturated heterocycles. The summed E-state index contributed by atoms with van der Waals surface area (Å²) in [5.74, 6) is 0.234. The Bertz CT molecular complexity index is 576. The molecule has 3 amide bonds. The molecule has 0 unspecified atom stereocenters. The maximum Gasteiger partial charge on any atom is 0.315 e. The van der Waals surface area contributed by atoms with Crippen LogP contribution in [0.15, 0.2) is 24.3 Å². The first-order valence-electron chi connectivity index (χ1n) is 9.14. The topological polar surface area (TPSA) is 64.7 Å². The van der Waals surface area contributed by atoms with Crippen molar-refractivity contribution >= 4 is 11.9 Å². The Hall–Kier alpha value is -2.08. The summed E-state index contributed by atoms with van der Waals surface area (Å²) in [6.45, 7) is 6.73. The molecule has 0 spiro atoms. The van der Waals surface area contributed by atoms with Gasteiger partial charge in [-0.2, -0.15) is 0 Å². The van der Waals surface area contributed by atoms with Gasteiger partial charge < -0.3 is 20.4 Å². The van der Waals surface area contributed by atoms with Crippen LogP contribution in [0.2, 0.25) is 0 Å². The molecular weight excluding hydrogens is 316 g/mol. The Morgan fingerprint density at radius 1 is 1.28 bits per heavy atom. The van der Waals surface area contributed by atoms with Crippen molar-refractivity contribution < 1.29 is 9.59 Å². The Morgan fingerprint density at radius 3 is 2.80 bits per heavy atom. The lowest BCUT2D eigenvalue weighted by Crippen LogP contribution is -2.37. The van der Waals surface area contributed by atoms with E-state index in [9.17, 15) is 9.59 Å². The predicted octanol–water partition coefficient (Wildman–Crippen LogP) is 1.95. The largest absolute Gasteiger partial charge is 0.343 e.